The van der Waals surface area contributed by atoms with Gasteiger partial charge in [-0.15, -0.1) is 0 Å². The van der Waals surface area contributed by atoms with E-state index in [0.717, 1.165) is 30.3 Å². The zero-order valence-electron chi connectivity index (χ0n) is 9.82. The summed E-state index contributed by atoms with van der Waals surface area (Å²) in [7, 11) is 0. The molecule has 0 aliphatic carbocycles. The number of hydrogen-bond acceptors (Lipinski definition) is 2. The lowest BCUT2D eigenvalue weighted by Gasteiger charge is -2.09. The van der Waals surface area contributed by atoms with Crippen LogP contribution in [0.3, 0.4) is 0 Å². The second kappa shape index (κ2) is 4.92. The van der Waals surface area contributed by atoms with Gasteiger partial charge in [0.05, 0.1) is 16.6 Å². The van der Waals surface area contributed by atoms with Crippen LogP contribution in [-0.2, 0) is 6.18 Å². The molecule has 0 radical (unpaired) electrons. The second-order valence-corrected chi connectivity index (χ2v) is 4.03. The lowest BCUT2D eigenvalue weighted by molar-refractivity contribution is -0.385. The lowest BCUT2D eigenvalue weighted by Crippen LogP contribution is -2.04. The van der Waals surface area contributed by atoms with Crippen molar-refractivity contribution in [1.82, 2.24) is 0 Å². The highest BCUT2D eigenvalue weighted by molar-refractivity contribution is 5.67. The van der Waals surface area contributed by atoms with E-state index in [1.54, 1.807) is 0 Å². The fraction of sp³-hybridized carbons (Fsp3) is 0.0769. The minimum Gasteiger partial charge on any atom is -0.258 e. The summed E-state index contributed by atoms with van der Waals surface area (Å²) in [5, 5.41) is 10.6. The molecule has 0 aromatic heterocycles. The molecule has 0 saturated carbocycles. The Bertz CT molecular complexity index is 668. The average Bonchev–Trinajstić information content (AvgIpc) is 2.37. The maximum atomic E-state index is 13.3. The van der Waals surface area contributed by atoms with Gasteiger partial charge in [-0.2, -0.15) is 13.2 Å². The Morgan fingerprint density at radius 1 is 1.00 bits per heavy atom. The summed E-state index contributed by atoms with van der Waals surface area (Å²) >= 11 is 0. The summed E-state index contributed by atoms with van der Waals surface area (Å²) in [4.78, 5) is 9.82. The zero-order valence-corrected chi connectivity index (χ0v) is 9.82. The molecule has 2 aromatic carbocycles. The van der Waals surface area contributed by atoms with Gasteiger partial charge in [0.1, 0.15) is 5.82 Å². The number of halogens is 4. The van der Waals surface area contributed by atoms with Crippen LogP contribution in [0.25, 0.3) is 11.1 Å². The highest BCUT2D eigenvalue weighted by Crippen LogP contribution is 2.33. The number of alkyl halides is 3. The average molecular weight is 285 g/mol. The minimum absolute atomic E-state index is 0.0165. The van der Waals surface area contributed by atoms with E-state index in [1.807, 2.05) is 0 Å². The quantitative estimate of drug-likeness (QED) is 0.465. The Morgan fingerprint density at radius 3 is 2.30 bits per heavy atom. The van der Waals surface area contributed by atoms with Crippen molar-refractivity contribution in [2.45, 2.75) is 6.18 Å². The van der Waals surface area contributed by atoms with Crippen LogP contribution in [0.1, 0.15) is 5.56 Å². The molecular formula is C13H7F4NO2. The molecule has 104 valence electrons. The van der Waals surface area contributed by atoms with E-state index in [9.17, 15) is 27.7 Å². The highest BCUT2D eigenvalue weighted by atomic mass is 19.4. The first kappa shape index (κ1) is 14.0. The standard InChI is InChI=1S/C13H7F4NO2/c14-11-5-9(6-12(7-11)18(19)20)8-2-1-3-10(4-8)13(15,16)17/h1-7H. The summed E-state index contributed by atoms with van der Waals surface area (Å²) in [5.74, 6) is -0.883. The fourth-order valence-corrected chi connectivity index (χ4v) is 1.72. The van der Waals surface area contributed by atoms with E-state index in [1.165, 1.54) is 6.07 Å². The number of hydrogen-bond donors (Lipinski definition) is 0. The molecule has 0 saturated heterocycles. The van der Waals surface area contributed by atoms with Crippen molar-refractivity contribution >= 4 is 5.69 Å². The Morgan fingerprint density at radius 2 is 1.70 bits per heavy atom. The molecule has 0 aliphatic heterocycles. The Kier molecular flexibility index (Phi) is 3.44. The maximum Gasteiger partial charge on any atom is 0.416 e. The van der Waals surface area contributed by atoms with Gasteiger partial charge >= 0.3 is 6.18 Å². The van der Waals surface area contributed by atoms with E-state index >= 15 is 0 Å². The smallest absolute Gasteiger partial charge is 0.258 e. The molecule has 0 spiro atoms. The first-order valence-electron chi connectivity index (χ1n) is 5.40. The van der Waals surface area contributed by atoms with Crippen molar-refractivity contribution in [3.05, 3.63) is 64.0 Å². The molecule has 7 heteroatoms. The predicted molar refractivity (Wildman–Crippen MR) is 63.5 cm³/mol. The molecule has 3 nitrogen and oxygen atoms in total. The summed E-state index contributed by atoms with van der Waals surface area (Å²) in [6, 6.07) is 6.86. The van der Waals surface area contributed by atoms with Crippen molar-refractivity contribution in [1.29, 1.82) is 0 Å². The van der Waals surface area contributed by atoms with Gasteiger partial charge in [-0.05, 0) is 29.3 Å². The van der Waals surface area contributed by atoms with Crippen molar-refractivity contribution < 1.29 is 22.5 Å². The SMILES string of the molecule is O=[N+]([O-])c1cc(F)cc(-c2cccc(C(F)(F)F)c2)c1. The molecule has 0 N–H and O–H groups in total. The van der Waals surface area contributed by atoms with E-state index < -0.39 is 28.2 Å². The molecule has 0 amide bonds. The van der Waals surface area contributed by atoms with Gasteiger partial charge < -0.3 is 0 Å². The van der Waals surface area contributed by atoms with Gasteiger partial charge in [0.15, 0.2) is 0 Å². The molecule has 0 aliphatic rings. The summed E-state index contributed by atoms with van der Waals surface area (Å²) in [6.07, 6.45) is -4.53. The van der Waals surface area contributed by atoms with Crippen LogP contribution < -0.4 is 0 Å². The molecule has 0 fully saturated rings. The second-order valence-electron chi connectivity index (χ2n) is 4.03. The Hall–Kier alpha value is -2.44. The van der Waals surface area contributed by atoms with Gasteiger partial charge in [0.25, 0.3) is 5.69 Å². The normalized spacial score (nSPS) is 11.4. The number of rotatable bonds is 2. The van der Waals surface area contributed by atoms with Crippen LogP contribution in [0.4, 0.5) is 23.2 Å². The number of benzene rings is 2. The molecule has 2 aromatic rings. The maximum absolute atomic E-state index is 13.3. The van der Waals surface area contributed by atoms with Crippen molar-refractivity contribution in [3.63, 3.8) is 0 Å². The third-order valence-electron chi connectivity index (χ3n) is 2.62. The lowest BCUT2D eigenvalue weighted by atomic mass is 10.0. The van der Waals surface area contributed by atoms with E-state index in [-0.39, 0.29) is 11.1 Å². The molecule has 2 rings (SSSR count). The van der Waals surface area contributed by atoms with Crippen molar-refractivity contribution in [2.75, 3.05) is 0 Å². The van der Waals surface area contributed by atoms with Crippen LogP contribution in [0, 0.1) is 15.9 Å². The van der Waals surface area contributed by atoms with Crippen molar-refractivity contribution in [2.24, 2.45) is 0 Å². The third-order valence-corrected chi connectivity index (χ3v) is 2.62. The molecule has 0 atom stereocenters. The first-order chi connectivity index (χ1) is 9.27. The molecule has 20 heavy (non-hydrogen) atoms. The number of nitrogens with zero attached hydrogens (tertiary/aromatic N) is 1. The van der Waals surface area contributed by atoms with Gasteiger partial charge in [-0.25, -0.2) is 4.39 Å². The largest absolute Gasteiger partial charge is 0.416 e. The van der Waals surface area contributed by atoms with Crippen LogP contribution in [0.5, 0.6) is 0 Å². The Balaban J connectivity index is 2.54. The number of nitro benzene ring substituents is 1. The summed E-state index contributed by atoms with van der Waals surface area (Å²) in [5.41, 5.74) is -1.34. The zero-order chi connectivity index (χ0) is 14.9. The summed E-state index contributed by atoms with van der Waals surface area (Å²) in [6.45, 7) is 0. The van der Waals surface area contributed by atoms with Crippen molar-refractivity contribution in [3.8, 4) is 11.1 Å². The molecule has 0 unspecified atom stereocenters. The van der Waals surface area contributed by atoms with Crippen LogP contribution >= 0.6 is 0 Å². The topological polar surface area (TPSA) is 43.1 Å². The van der Waals surface area contributed by atoms with E-state index in [4.69, 9.17) is 0 Å². The van der Waals surface area contributed by atoms with Gasteiger partial charge in [-0.1, -0.05) is 12.1 Å². The predicted octanol–water partition coefficient (Wildman–Crippen LogP) is 4.42. The summed E-state index contributed by atoms with van der Waals surface area (Å²) < 4.78 is 51.0. The highest BCUT2D eigenvalue weighted by Gasteiger charge is 2.30. The minimum atomic E-state index is -4.53. The molecular weight excluding hydrogens is 278 g/mol. The monoisotopic (exact) mass is 285 g/mol. The Labute approximate surface area is 110 Å². The van der Waals surface area contributed by atoms with Crippen LogP contribution in [-0.4, -0.2) is 4.92 Å². The number of nitro groups is 1. The number of non-ortho nitro benzene ring substituents is 1. The van der Waals surface area contributed by atoms with Crippen LogP contribution in [0.15, 0.2) is 42.5 Å². The molecule has 0 bridgehead atoms. The fourth-order valence-electron chi connectivity index (χ4n) is 1.72. The van der Waals surface area contributed by atoms with E-state index in [2.05, 4.69) is 0 Å². The van der Waals surface area contributed by atoms with Gasteiger partial charge in [0, 0.05) is 6.07 Å². The van der Waals surface area contributed by atoms with Gasteiger partial charge in [-0.3, -0.25) is 10.1 Å². The first-order valence-corrected chi connectivity index (χ1v) is 5.40. The van der Waals surface area contributed by atoms with E-state index in [0.29, 0.717) is 6.07 Å². The molecule has 0 heterocycles. The third kappa shape index (κ3) is 2.93. The van der Waals surface area contributed by atoms with Gasteiger partial charge in [0.2, 0.25) is 0 Å². The van der Waals surface area contributed by atoms with Crippen LogP contribution in [0.2, 0.25) is 0 Å².